The van der Waals surface area contributed by atoms with Crippen molar-refractivity contribution >= 4 is 29.0 Å². The van der Waals surface area contributed by atoms with E-state index >= 15 is 0 Å². The molecule has 21 heavy (non-hydrogen) atoms. The number of aromatic nitrogens is 1. The molecule has 1 amide bonds. The average molecular weight is 303 g/mol. The van der Waals surface area contributed by atoms with Gasteiger partial charge in [0, 0.05) is 30.4 Å². The molecule has 1 aromatic heterocycles. The van der Waals surface area contributed by atoms with Gasteiger partial charge < -0.3 is 9.47 Å². The summed E-state index contributed by atoms with van der Waals surface area (Å²) in [7, 11) is 0. The Hall–Kier alpha value is -2.40. The number of anilines is 1. The first kappa shape index (κ1) is 13.6. The molecule has 0 saturated carbocycles. The molecule has 0 aliphatic carbocycles. The molecule has 0 N–H and O–H groups in total. The predicted molar refractivity (Wildman–Crippen MR) is 78.8 cm³/mol. The maximum atomic E-state index is 12.0. The molecule has 1 aromatic carbocycles. The van der Waals surface area contributed by atoms with E-state index in [1.807, 2.05) is 0 Å². The van der Waals surface area contributed by atoms with Crippen molar-refractivity contribution in [3.8, 4) is 0 Å². The van der Waals surface area contributed by atoms with E-state index in [9.17, 15) is 14.4 Å². The summed E-state index contributed by atoms with van der Waals surface area (Å²) in [6, 6.07) is 9.62. The van der Waals surface area contributed by atoms with Crippen LogP contribution >= 0.6 is 11.6 Å². The minimum absolute atomic E-state index is 0.146. The second kappa shape index (κ2) is 5.18. The topological polar surface area (TPSA) is 59.4 Å². The molecule has 0 spiro atoms. The Morgan fingerprint density at radius 1 is 1.00 bits per heavy atom. The molecule has 1 aliphatic heterocycles. The van der Waals surface area contributed by atoms with E-state index in [0.717, 1.165) is 0 Å². The number of hydrogen-bond donors (Lipinski definition) is 0. The lowest BCUT2D eigenvalue weighted by molar-refractivity contribution is -0.114. The van der Waals surface area contributed by atoms with Crippen LogP contribution in [0.1, 0.15) is 10.4 Å². The number of carbonyl (C=O) groups is 2. The Morgan fingerprint density at radius 2 is 1.81 bits per heavy atom. The molecule has 0 unspecified atom stereocenters. The van der Waals surface area contributed by atoms with Crippen LogP contribution in [0.5, 0.6) is 0 Å². The summed E-state index contributed by atoms with van der Waals surface area (Å²) in [4.78, 5) is 37.0. The lowest BCUT2D eigenvalue weighted by Gasteiger charge is -2.17. The van der Waals surface area contributed by atoms with Crippen LogP contribution in [0, 0.1) is 0 Å². The van der Waals surface area contributed by atoms with Gasteiger partial charge >= 0.3 is 0 Å². The molecule has 0 atom stereocenters. The third-order valence-corrected chi connectivity index (χ3v) is 3.63. The molecule has 106 valence electrons. The van der Waals surface area contributed by atoms with Crippen LogP contribution in [0.2, 0.25) is 5.02 Å². The highest BCUT2D eigenvalue weighted by Gasteiger charge is 2.35. The number of amides is 1. The van der Waals surface area contributed by atoms with Gasteiger partial charge in [0.2, 0.25) is 0 Å². The maximum Gasteiger partial charge on any atom is 0.299 e. The second-order valence-corrected chi connectivity index (χ2v) is 5.12. The minimum Gasteiger partial charge on any atom is -0.314 e. The fourth-order valence-electron chi connectivity index (χ4n) is 2.35. The van der Waals surface area contributed by atoms with E-state index in [-0.39, 0.29) is 12.1 Å². The van der Waals surface area contributed by atoms with Crippen molar-refractivity contribution in [2.24, 2.45) is 0 Å². The van der Waals surface area contributed by atoms with Crippen molar-refractivity contribution in [3.05, 3.63) is 63.5 Å². The fourth-order valence-corrected chi connectivity index (χ4v) is 2.52. The van der Waals surface area contributed by atoms with Crippen LogP contribution < -0.4 is 10.5 Å². The van der Waals surface area contributed by atoms with Gasteiger partial charge in [-0.15, -0.1) is 0 Å². The van der Waals surface area contributed by atoms with Crippen LogP contribution in [-0.2, 0) is 11.3 Å². The molecule has 3 rings (SSSR count). The zero-order valence-corrected chi connectivity index (χ0v) is 11.7. The number of halogens is 1. The van der Waals surface area contributed by atoms with Gasteiger partial charge in [0.1, 0.15) is 0 Å². The van der Waals surface area contributed by atoms with Gasteiger partial charge in [0.25, 0.3) is 17.2 Å². The predicted octanol–water partition coefficient (Wildman–Crippen LogP) is 1.73. The van der Waals surface area contributed by atoms with Crippen molar-refractivity contribution in [2.45, 2.75) is 6.54 Å². The number of fused-ring (bicyclic) bond motifs is 1. The highest BCUT2D eigenvalue weighted by Crippen LogP contribution is 2.30. The first-order valence-electron chi connectivity index (χ1n) is 6.39. The maximum absolute atomic E-state index is 12.0. The second-order valence-electron chi connectivity index (χ2n) is 4.68. The van der Waals surface area contributed by atoms with Crippen molar-refractivity contribution in [3.63, 3.8) is 0 Å². The Balaban J connectivity index is 1.87. The number of benzene rings is 1. The first-order valence-corrected chi connectivity index (χ1v) is 6.77. The third kappa shape index (κ3) is 2.36. The largest absolute Gasteiger partial charge is 0.314 e. The summed E-state index contributed by atoms with van der Waals surface area (Å²) in [5.41, 5.74) is 0.707. The highest BCUT2D eigenvalue weighted by molar-refractivity contribution is 6.52. The fraction of sp³-hybridized carbons (Fsp3) is 0.133. The molecule has 0 bridgehead atoms. The van der Waals surface area contributed by atoms with Gasteiger partial charge in [0.15, 0.2) is 0 Å². The number of nitrogens with zero attached hydrogens (tertiary/aromatic N) is 2. The van der Waals surface area contributed by atoms with E-state index in [0.29, 0.717) is 22.8 Å². The van der Waals surface area contributed by atoms with E-state index in [1.54, 1.807) is 30.5 Å². The van der Waals surface area contributed by atoms with E-state index < -0.39 is 11.7 Å². The van der Waals surface area contributed by atoms with Crippen LogP contribution in [-0.4, -0.2) is 22.8 Å². The van der Waals surface area contributed by atoms with Crippen LogP contribution in [0.15, 0.2) is 47.4 Å². The lowest BCUT2D eigenvalue weighted by atomic mass is 10.1. The van der Waals surface area contributed by atoms with Gasteiger partial charge in [-0.3, -0.25) is 14.4 Å². The van der Waals surface area contributed by atoms with Crippen molar-refractivity contribution in [1.29, 1.82) is 0 Å². The third-order valence-electron chi connectivity index (χ3n) is 3.40. The Morgan fingerprint density at radius 3 is 2.57 bits per heavy atom. The van der Waals surface area contributed by atoms with Gasteiger partial charge in [-0.25, -0.2) is 0 Å². The van der Waals surface area contributed by atoms with Gasteiger partial charge in [-0.2, -0.15) is 0 Å². The quantitative estimate of drug-likeness (QED) is 0.811. The summed E-state index contributed by atoms with van der Waals surface area (Å²) in [5.74, 6) is -1.15. The van der Waals surface area contributed by atoms with Crippen LogP contribution in [0.4, 0.5) is 5.69 Å². The summed E-state index contributed by atoms with van der Waals surface area (Å²) >= 11 is 5.85. The number of ketones is 1. The Kier molecular flexibility index (Phi) is 3.35. The molecule has 0 fully saturated rings. The Labute approximate surface area is 125 Å². The molecule has 0 saturated heterocycles. The monoisotopic (exact) mass is 302 g/mol. The highest BCUT2D eigenvalue weighted by atomic mass is 35.5. The summed E-state index contributed by atoms with van der Waals surface area (Å²) in [6.45, 7) is 0.573. The van der Waals surface area contributed by atoms with Gasteiger partial charge in [-0.05, 0) is 24.3 Å². The van der Waals surface area contributed by atoms with Gasteiger partial charge in [-0.1, -0.05) is 17.7 Å². The Bertz CT molecular complexity index is 798. The smallest absolute Gasteiger partial charge is 0.299 e. The summed E-state index contributed by atoms with van der Waals surface area (Å²) in [5, 5.41) is 0.413. The number of Topliss-reactive ketones (excluding diaryl/α,β-unsaturated/α-hetero) is 1. The van der Waals surface area contributed by atoms with Crippen LogP contribution in [0.25, 0.3) is 0 Å². The van der Waals surface area contributed by atoms with Gasteiger partial charge in [0.05, 0.1) is 11.3 Å². The summed E-state index contributed by atoms with van der Waals surface area (Å²) < 4.78 is 1.49. The normalized spacial score (nSPS) is 13.7. The molecule has 2 aromatic rings. The molecule has 6 heteroatoms. The molecular weight excluding hydrogens is 292 g/mol. The summed E-state index contributed by atoms with van der Waals surface area (Å²) in [6.07, 6.45) is 1.65. The zero-order chi connectivity index (χ0) is 15.0. The van der Waals surface area contributed by atoms with Crippen molar-refractivity contribution in [1.82, 2.24) is 4.57 Å². The first-order chi connectivity index (χ1) is 10.1. The number of pyridine rings is 1. The minimum atomic E-state index is -0.587. The molecular formula is C15H11ClN2O3. The number of carbonyl (C=O) groups excluding carboxylic acids is 2. The molecule has 1 aliphatic rings. The van der Waals surface area contributed by atoms with Crippen LogP contribution in [0.3, 0.4) is 0 Å². The van der Waals surface area contributed by atoms with E-state index in [1.165, 1.54) is 21.6 Å². The average Bonchev–Trinajstić information content (AvgIpc) is 2.71. The standard InChI is InChI=1S/C15H11ClN2O3/c16-10-4-5-12-11(9-10)14(20)15(21)18(12)8-7-17-6-2-1-3-13(17)19/h1-6,9H,7-8H2. The van der Waals surface area contributed by atoms with Crippen molar-refractivity contribution < 1.29 is 9.59 Å². The number of rotatable bonds is 3. The zero-order valence-electron chi connectivity index (χ0n) is 11.0. The molecule has 0 radical (unpaired) electrons. The number of hydrogen-bond acceptors (Lipinski definition) is 3. The lowest BCUT2D eigenvalue weighted by Crippen LogP contribution is -2.34. The molecule has 2 heterocycles. The SMILES string of the molecule is O=C1C(=O)N(CCn2ccccc2=O)c2ccc(Cl)cc21. The van der Waals surface area contributed by atoms with Crippen molar-refractivity contribution in [2.75, 3.05) is 11.4 Å². The molecule has 5 nitrogen and oxygen atoms in total. The van der Waals surface area contributed by atoms with E-state index in [4.69, 9.17) is 11.6 Å². The van der Waals surface area contributed by atoms with E-state index in [2.05, 4.69) is 0 Å².